The highest BCUT2D eigenvalue weighted by Gasteiger charge is 2.46. The standard InChI is InChI=1S/C12H20N2O/c1-7(2)11-10-8(13-14-11)5-12(3,4)6-9(10)15/h7-8,10,13H,5-6H2,1-4H3/t8-,10+/m1/s1. The molecule has 0 spiro atoms. The third kappa shape index (κ3) is 1.80. The molecule has 0 bridgehead atoms. The molecule has 0 aromatic rings. The third-order valence-corrected chi connectivity index (χ3v) is 3.44. The van der Waals surface area contributed by atoms with E-state index >= 15 is 0 Å². The maximum Gasteiger partial charge on any atom is 0.144 e. The second-order valence-corrected chi connectivity index (χ2v) is 5.92. The van der Waals surface area contributed by atoms with Crippen molar-refractivity contribution < 1.29 is 4.79 Å². The molecule has 0 saturated heterocycles. The van der Waals surface area contributed by atoms with Crippen LogP contribution in [0.5, 0.6) is 0 Å². The fraction of sp³-hybridized carbons (Fsp3) is 0.833. The van der Waals surface area contributed by atoms with Crippen molar-refractivity contribution in [1.82, 2.24) is 5.43 Å². The minimum Gasteiger partial charge on any atom is -0.306 e. The van der Waals surface area contributed by atoms with Crippen LogP contribution in [0.25, 0.3) is 0 Å². The predicted octanol–water partition coefficient (Wildman–Crippen LogP) is 1.98. The molecule has 2 atom stereocenters. The monoisotopic (exact) mass is 208 g/mol. The summed E-state index contributed by atoms with van der Waals surface area (Å²) in [6.45, 7) is 8.54. The maximum atomic E-state index is 12.1. The first-order valence-corrected chi connectivity index (χ1v) is 5.76. The van der Waals surface area contributed by atoms with Crippen molar-refractivity contribution >= 4 is 11.5 Å². The van der Waals surface area contributed by atoms with Crippen LogP contribution in [0.3, 0.4) is 0 Å². The Kier molecular flexibility index (Phi) is 2.36. The second kappa shape index (κ2) is 3.32. The van der Waals surface area contributed by atoms with Crippen molar-refractivity contribution in [3.05, 3.63) is 0 Å². The molecule has 1 aliphatic carbocycles. The number of rotatable bonds is 1. The lowest BCUT2D eigenvalue weighted by atomic mass is 9.68. The summed E-state index contributed by atoms with van der Waals surface area (Å²) in [4.78, 5) is 12.1. The molecular formula is C12H20N2O. The van der Waals surface area contributed by atoms with Crippen molar-refractivity contribution in [3.8, 4) is 0 Å². The molecule has 1 aliphatic heterocycles. The lowest BCUT2D eigenvalue weighted by Gasteiger charge is -2.36. The first-order valence-electron chi connectivity index (χ1n) is 5.76. The van der Waals surface area contributed by atoms with Gasteiger partial charge in [-0.1, -0.05) is 27.7 Å². The fourth-order valence-electron chi connectivity index (χ4n) is 2.80. The van der Waals surface area contributed by atoms with E-state index in [4.69, 9.17) is 0 Å². The summed E-state index contributed by atoms with van der Waals surface area (Å²) in [5, 5.41) is 4.34. The largest absolute Gasteiger partial charge is 0.306 e. The summed E-state index contributed by atoms with van der Waals surface area (Å²) in [5.74, 6) is 0.796. The molecule has 3 nitrogen and oxygen atoms in total. The van der Waals surface area contributed by atoms with Crippen LogP contribution in [0.15, 0.2) is 5.10 Å². The van der Waals surface area contributed by atoms with E-state index in [0.29, 0.717) is 18.1 Å². The minimum atomic E-state index is 0.0537. The summed E-state index contributed by atoms with van der Waals surface area (Å²) in [5.41, 5.74) is 4.33. The zero-order chi connectivity index (χ0) is 11.2. The fourth-order valence-corrected chi connectivity index (χ4v) is 2.80. The van der Waals surface area contributed by atoms with E-state index in [0.717, 1.165) is 12.1 Å². The van der Waals surface area contributed by atoms with Gasteiger partial charge in [0.25, 0.3) is 0 Å². The molecule has 0 aromatic carbocycles. The number of nitrogens with zero attached hydrogens (tertiary/aromatic N) is 1. The lowest BCUT2D eigenvalue weighted by molar-refractivity contribution is -0.126. The van der Waals surface area contributed by atoms with E-state index < -0.39 is 0 Å². The van der Waals surface area contributed by atoms with Crippen molar-refractivity contribution in [2.45, 2.75) is 46.6 Å². The van der Waals surface area contributed by atoms with Crippen LogP contribution in [0.2, 0.25) is 0 Å². The highest BCUT2D eigenvalue weighted by atomic mass is 16.1. The Morgan fingerprint density at radius 3 is 2.73 bits per heavy atom. The molecule has 0 unspecified atom stereocenters. The Morgan fingerprint density at radius 2 is 2.13 bits per heavy atom. The summed E-state index contributed by atoms with van der Waals surface area (Å²) >= 11 is 0. The molecule has 1 heterocycles. The van der Waals surface area contributed by atoms with E-state index in [2.05, 4.69) is 38.2 Å². The summed E-state index contributed by atoms with van der Waals surface area (Å²) in [6.07, 6.45) is 1.74. The van der Waals surface area contributed by atoms with Crippen LogP contribution in [0.4, 0.5) is 0 Å². The number of hydrazone groups is 1. The average molecular weight is 208 g/mol. The molecule has 1 saturated carbocycles. The number of nitrogens with one attached hydrogen (secondary N) is 1. The van der Waals surface area contributed by atoms with Crippen molar-refractivity contribution in [3.63, 3.8) is 0 Å². The van der Waals surface area contributed by atoms with Gasteiger partial charge in [-0.2, -0.15) is 5.10 Å². The van der Waals surface area contributed by atoms with E-state index in [9.17, 15) is 4.79 Å². The van der Waals surface area contributed by atoms with E-state index in [-0.39, 0.29) is 17.4 Å². The van der Waals surface area contributed by atoms with Crippen molar-refractivity contribution in [1.29, 1.82) is 0 Å². The average Bonchev–Trinajstić information content (AvgIpc) is 2.45. The first kappa shape index (κ1) is 10.7. The van der Waals surface area contributed by atoms with Crippen LogP contribution >= 0.6 is 0 Å². The van der Waals surface area contributed by atoms with Crippen molar-refractivity contribution in [2.24, 2.45) is 22.4 Å². The van der Waals surface area contributed by atoms with Gasteiger partial charge >= 0.3 is 0 Å². The summed E-state index contributed by atoms with van der Waals surface area (Å²) in [7, 11) is 0. The highest BCUT2D eigenvalue weighted by molar-refractivity contribution is 6.08. The van der Waals surface area contributed by atoms with Gasteiger partial charge in [0, 0.05) is 6.42 Å². The Labute approximate surface area is 91.3 Å². The Balaban J connectivity index is 2.21. The number of carbonyl (C=O) groups is 1. The molecule has 1 fully saturated rings. The summed E-state index contributed by atoms with van der Waals surface area (Å²) in [6, 6.07) is 0.249. The van der Waals surface area contributed by atoms with Gasteiger partial charge in [-0.05, 0) is 17.8 Å². The predicted molar refractivity (Wildman–Crippen MR) is 60.7 cm³/mol. The summed E-state index contributed by atoms with van der Waals surface area (Å²) < 4.78 is 0. The van der Waals surface area contributed by atoms with Crippen LogP contribution < -0.4 is 5.43 Å². The van der Waals surface area contributed by atoms with Gasteiger partial charge in [0.2, 0.25) is 0 Å². The highest BCUT2D eigenvalue weighted by Crippen LogP contribution is 2.39. The van der Waals surface area contributed by atoms with Gasteiger partial charge in [0.05, 0.1) is 17.7 Å². The van der Waals surface area contributed by atoms with E-state index in [1.54, 1.807) is 0 Å². The van der Waals surface area contributed by atoms with Gasteiger partial charge in [-0.25, -0.2) is 0 Å². The van der Waals surface area contributed by atoms with Gasteiger partial charge in [0.15, 0.2) is 0 Å². The smallest absolute Gasteiger partial charge is 0.144 e. The maximum absolute atomic E-state index is 12.1. The van der Waals surface area contributed by atoms with Crippen LogP contribution in [-0.2, 0) is 4.79 Å². The number of Topliss-reactive ketones (excluding diaryl/α,β-unsaturated/α-hetero) is 1. The SMILES string of the molecule is CC(C)C1=NN[C@@H]2CC(C)(C)CC(=O)[C@@H]12. The Morgan fingerprint density at radius 1 is 1.47 bits per heavy atom. The first-order chi connectivity index (χ1) is 6.91. The zero-order valence-corrected chi connectivity index (χ0v) is 10.0. The minimum absolute atomic E-state index is 0.0537. The lowest BCUT2D eigenvalue weighted by Crippen LogP contribution is -2.46. The number of carbonyl (C=O) groups excluding carboxylic acids is 1. The molecular weight excluding hydrogens is 188 g/mol. The topological polar surface area (TPSA) is 41.5 Å². The molecule has 2 rings (SSSR count). The van der Waals surface area contributed by atoms with Crippen LogP contribution in [0, 0.1) is 17.3 Å². The Hall–Kier alpha value is -0.860. The quantitative estimate of drug-likeness (QED) is 0.716. The molecule has 0 radical (unpaired) electrons. The molecule has 1 N–H and O–H groups in total. The molecule has 0 aromatic heterocycles. The van der Waals surface area contributed by atoms with Crippen LogP contribution in [-0.4, -0.2) is 17.5 Å². The van der Waals surface area contributed by atoms with Gasteiger partial charge < -0.3 is 5.43 Å². The van der Waals surface area contributed by atoms with E-state index in [1.165, 1.54) is 0 Å². The second-order valence-electron chi connectivity index (χ2n) is 5.92. The van der Waals surface area contributed by atoms with Crippen LogP contribution in [0.1, 0.15) is 40.5 Å². The normalized spacial score (nSPS) is 33.7. The zero-order valence-electron chi connectivity index (χ0n) is 10.0. The van der Waals surface area contributed by atoms with Gasteiger partial charge in [0.1, 0.15) is 5.78 Å². The van der Waals surface area contributed by atoms with Crippen molar-refractivity contribution in [2.75, 3.05) is 0 Å². The molecule has 3 heteroatoms. The number of hydrogen-bond acceptors (Lipinski definition) is 3. The third-order valence-electron chi connectivity index (χ3n) is 3.44. The van der Waals surface area contributed by atoms with Gasteiger partial charge in [-0.3, -0.25) is 4.79 Å². The number of hydrogen-bond donors (Lipinski definition) is 1. The van der Waals surface area contributed by atoms with Gasteiger partial charge in [-0.15, -0.1) is 0 Å². The molecule has 0 amide bonds. The molecule has 84 valence electrons. The molecule has 15 heavy (non-hydrogen) atoms. The Bertz CT molecular complexity index is 318. The van der Waals surface area contributed by atoms with E-state index in [1.807, 2.05) is 0 Å². The number of fused-ring (bicyclic) bond motifs is 1. The number of ketones is 1. The molecule has 2 aliphatic rings.